The van der Waals surface area contributed by atoms with Crippen molar-refractivity contribution in [2.24, 2.45) is 0 Å². The molecule has 22 heavy (non-hydrogen) atoms. The molecule has 1 aromatic carbocycles. The Morgan fingerprint density at radius 1 is 1.23 bits per heavy atom. The van der Waals surface area contributed by atoms with Crippen LogP contribution in [0.5, 0.6) is 0 Å². The zero-order valence-electron chi connectivity index (χ0n) is 11.7. The van der Waals surface area contributed by atoms with E-state index in [1.54, 1.807) is 6.07 Å². The van der Waals surface area contributed by atoms with Gasteiger partial charge in [-0.2, -0.15) is 0 Å². The molecule has 2 aromatic rings. The van der Waals surface area contributed by atoms with E-state index in [0.29, 0.717) is 17.5 Å². The third-order valence-electron chi connectivity index (χ3n) is 3.52. The molecule has 0 spiro atoms. The molecule has 6 nitrogen and oxygen atoms in total. The van der Waals surface area contributed by atoms with E-state index in [4.69, 9.17) is 4.42 Å². The Balaban J connectivity index is 0.00000176. The number of rotatable bonds is 3. The van der Waals surface area contributed by atoms with Crippen molar-refractivity contribution >= 4 is 33.4 Å². The molecule has 8 heteroatoms. The van der Waals surface area contributed by atoms with E-state index >= 15 is 0 Å². The summed E-state index contributed by atoms with van der Waals surface area (Å²) in [6.45, 7) is 1.56. The standard InChI is InChI=1S/C14H16N2O4S.ClH/c17-14-6-3-10-8-12(4-5-13(10)20-14)21(18,19)16-11-2-1-7-15-9-11;/h3-6,8,11,15-16H,1-2,7,9H2;1H/t11-;/m0./s1. The van der Waals surface area contributed by atoms with Gasteiger partial charge in [-0.3, -0.25) is 0 Å². The van der Waals surface area contributed by atoms with E-state index in [0.717, 1.165) is 19.4 Å². The lowest BCUT2D eigenvalue weighted by atomic mass is 10.1. The molecule has 2 N–H and O–H groups in total. The molecule has 0 unspecified atom stereocenters. The van der Waals surface area contributed by atoms with Gasteiger partial charge in [-0.05, 0) is 43.7 Å². The predicted molar refractivity (Wildman–Crippen MR) is 85.9 cm³/mol. The Hall–Kier alpha value is -1.41. The van der Waals surface area contributed by atoms with Gasteiger partial charge in [0.25, 0.3) is 0 Å². The van der Waals surface area contributed by atoms with E-state index in [9.17, 15) is 13.2 Å². The topological polar surface area (TPSA) is 88.4 Å². The van der Waals surface area contributed by atoms with Gasteiger partial charge in [-0.25, -0.2) is 17.9 Å². The van der Waals surface area contributed by atoms with Gasteiger partial charge in [-0.1, -0.05) is 0 Å². The van der Waals surface area contributed by atoms with Crippen LogP contribution in [0.3, 0.4) is 0 Å². The Kier molecular flexibility index (Phi) is 5.23. The van der Waals surface area contributed by atoms with E-state index in [1.165, 1.54) is 24.3 Å². The first-order valence-electron chi connectivity index (χ1n) is 6.81. The first kappa shape index (κ1) is 17.0. The summed E-state index contributed by atoms with van der Waals surface area (Å²) in [7, 11) is -3.57. The fourth-order valence-electron chi connectivity index (χ4n) is 2.46. The maximum atomic E-state index is 12.4. The Bertz CT molecular complexity index is 813. The van der Waals surface area contributed by atoms with Crippen molar-refractivity contribution in [3.63, 3.8) is 0 Å². The summed E-state index contributed by atoms with van der Waals surface area (Å²) < 4.78 is 32.5. The summed E-state index contributed by atoms with van der Waals surface area (Å²) in [6, 6.07) is 7.21. The van der Waals surface area contributed by atoms with Crippen molar-refractivity contribution in [3.05, 3.63) is 40.8 Å². The van der Waals surface area contributed by atoms with Gasteiger partial charge in [0.2, 0.25) is 10.0 Å². The molecule has 0 bridgehead atoms. The summed E-state index contributed by atoms with van der Waals surface area (Å²) >= 11 is 0. The van der Waals surface area contributed by atoms with Crippen LogP contribution < -0.4 is 15.7 Å². The molecule has 0 saturated carbocycles. The van der Waals surface area contributed by atoms with Crippen LogP contribution in [0.2, 0.25) is 0 Å². The van der Waals surface area contributed by atoms with Crippen LogP contribution in [0, 0.1) is 0 Å². The lowest BCUT2D eigenvalue weighted by Crippen LogP contribution is -2.45. The quantitative estimate of drug-likeness (QED) is 0.818. The zero-order chi connectivity index (χ0) is 14.9. The predicted octanol–water partition coefficient (Wildman–Crippen LogP) is 1.25. The van der Waals surface area contributed by atoms with Crippen LogP contribution >= 0.6 is 12.4 Å². The number of halogens is 1. The van der Waals surface area contributed by atoms with Crippen molar-refractivity contribution in [2.75, 3.05) is 13.1 Å². The van der Waals surface area contributed by atoms with Crippen molar-refractivity contribution < 1.29 is 12.8 Å². The van der Waals surface area contributed by atoms with Crippen LogP contribution in [-0.4, -0.2) is 27.5 Å². The number of hydrogen-bond acceptors (Lipinski definition) is 5. The monoisotopic (exact) mass is 344 g/mol. The third kappa shape index (κ3) is 3.67. The molecule has 1 aliphatic rings. The summed E-state index contributed by atoms with van der Waals surface area (Å²) in [6.07, 6.45) is 1.78. The third-order valence-corrected chi connectivity index (χ3v) is 5.04. The van der Waals surface area contributed by atoms with Crippen LogP contribution in [0.4, 0.5) is 0 Å². The highest BCUT2D eigenvalue weighted by Gasteiger charge is 2.21. The number of sulfonamides is 1. The smallest absolute Gasteiger partial charge is 0.336 e. The fourth-order valence-corrected chi connectivity index (χ4v) is 3.76. The molecule has 0 radical (unpaired) electrons. The SMILES string of the molecule is Cl.O=c1ccc2cc(S(=O)(=O)N[C@H]3CCCNC3)ccc2o1. The van der Waals surface area contributed by atoms with Crippen LogP contribution in [0.1, 0.15) is 12.8 Å². The molecular formula is C14H17ClN2O4S. The Morgan fingerprint density at radius 2 is 2.05 bits per heavy atom. The van der Waals surface area contributed by atoms with E-state index < -0.39 is 15.6 Å². The molecule has 1 aliphatic heterocycles. The van der Waals surface area contributed by atoms with Gasteiger partial charge in [0.15, 0.2) is 0 Å². The average Bonchev–Trinajstić information content (AvgIpc) is 2.47. The highest BCUT2D eigenvalue weighted by atomic mass is 35.5. The molecule has 1 saturated heterocycles. The van der Waals surface area contributed by atoms with E-state index in [2.05, 4.69) is 10.0 Å². The largest absolute Gasteiger partial charge is 0.423 e. The van der Waals surface area contributed by atoms with Gasteiger partial charge in [0.1, 0.15) is 5.58 Å². The number of fused-ring (bicyclic) bond motifs is 1. The maximum absolute atomic E-state index is 12.4. The Morgan fingerprint density at radius 3 is 2.77 bits per heavy atom. The zero-order valence-corrected chi connectivity index (χ0v) is 13.4. The average molecular weight is 345 g/mol. The molecule has 0 aliphatic carbocycles. The maximum Gasteiger partial charge on any atom is 0.336 e. The second kappa shape index (κ2) is 6.78. The lowest BCUT2D eigenvalue weighted by molar-refractivity contribution is 0.428. The van der Waals surface area contributed by atoms with Crippen molar-refractivity contribution in [1.82, 2.24) is 10.0 Å². The van der Waals surface area contributed by atoms with Crippen molar-refractivity contribution in [3.8, 4) is 0 Å². The summed E-state index contributed by atoms with van der Waals surface area (Å²) in [4.78, 5) is 11.3. The van der Waals surface area contributed by atoms with E-state index in [1.807, 2.05) is 0 Å². The number of piperidine rings is 1. The minimum absolute atomic E-state index is 0. The molecule has 1 atom stereocenters. The molecule has 2 heterocycles. The van der Waals surface area contributed by atoms with E-state index in [-0.39, 0.29) is 23.3 Å². The first-order valence-corrected chi connectivity index (χ1v) is 8.30. The van der Waals surface area contributed by atoms with Gasteiger partial charge in [0.05, 0.1) is 4.90 Å². The summed E-state index contributed by atoms with van der Waals surface area (Å²) in [5.74, 6) is 0. The molecule has 3 rings (SSSR count). The van der Waals surface area contributed by atoms with Crippen molar-refractivity contribution in [2.45, 2.75) is 23.8 Å². The van der Waals surface area contributed by atoms with Crippen LogP contribution in [0.15, 0.2) is 44.4 Å². The highest BCUT2D eigenvalue weighted by Crippen LogP contribution is 2.18. The molecule has 1 fully saturated rings. The Labute approximate surface area is 134 Å². The first-order chi connectivity index (χ1) is 10.0. The fraction of sp³-hybridized carbons (Fsp3) is 0.357. The molecule has 0 amide bonds. The van der Waals surface area contributed by atoms with Gasteiger partial charge in [0, 0.05) is 24.0 Å². The second-order valence-corrected chi connectivity index (χ2v) is 6.83. The van der Waals surface area contributed by atoms with Gasteiger partial charge < -0.3 is 9.73 Å². The van der Waals surface area contributed by atoms with Crippen LogP contribution in [-0.2, 0) is 10.0 Å². The number of benzene rings is 1. The number of nitrogens with one attached hydrogen (secondary N) is 2. The number of hydrogen-bond donors (Lipinski definition) is 2. The lowest BCUT2D eigenvalue weighted by Gasteiger charge is -2.23. The van der Waals surface area contributed by atoms with Gasteiger partial charge >= 0.3 is 5.63 Å². The molecular weight excluding hydrogens is 328 g/mol. The van der Waals surface area contributed by atoms with Crippen molar-refractivity contribution in [1.29, 1.82) is 0 Å². The van der Waals surface area contributed by atoms with Gasteiger partial charge in [-0.15, -0.1) is 12.4 Å². The van der Waals surface area contributed by atoms with Crippen LogP contribution in [0.25, 0.3) is 11.0 Å². The summed E-state index contributed by atoms with van der Waals surface area (Å²) in [5, 5.41) is 3.75. The highest BCUT2D eigenvalue weighted by molar-refractivity contribution is 7.89. The normalized spacial score (nSPS) is 18.8. The summed E-state index contributed by atoms with van der Waals surface area (Å²) in [5.41, 5.74) is -0.0784. The molecule has 120 valence electrons. The minimum Gasteiger partial charge on any atom is -0.423 e. The minimum atomic E-state index is -3.57. The molecule has 1 aromatic heterocycles. The second-order valence-electron chi connectivity index (χ2n) is 5.12.